The lowest BCUT2D eigenvalue weighted by Gasteiger charge is -2.15. The molecule has 0 fully saturated rings. The first-order chi connectivity index (χ1) is 12.0. The zero-order valence-electron chi connectivity index (χ0n) is 13.1. The number of anilines is 1. The molecule has 0 aliphatic carbocycles. The van der Waals surface area contributed by atoms with E-state index in [1.54, 1.807) is 31.2 Å². The average molecular weight is 394 g/mol. The maximum atomic E-state index is 12.5. The van der Waals surface area contributed by atoms with Crippen molar-refractivity contribution in [1.82, 2.24) is 9.78 Å². The fourth-order valence-electron chi connectivity index (χ4n) is 2.20. The van der Waals surface area contributed by atoms with Crippen LogP contribution in [-0.2, 0) is 4.79 Å². The number of hydrogen-bond acceptors (Lipinski definition) is 4. The summed E-state index contributed by atoms with van der Waals surface area (Å²) in [5.41, 5.74) is 0.656. The summed E-state index contributed by atoms with van der Waals surface area (Å²) in [6, 6.07) is 10.8. The molecule has 2 heterocycles. The SMILES string of the molecule is CC(C(=O)Nc1cc(Cl)ccc1Cl)n1nc(-c2cccs2)ccc1=O. The Balaban J connectivity index is 1.88. The highest BCUT2D eigenvalue weighted by atomic mass is 35.5. The predicted molar refractivity (Wildman–Crippen MR) is 102 cm³/mol. The largest absolute Gasteiger partial charge is 0.323 e. The fourth-order valence-corrected chi connectivity index (χ4v) is 3.23. The topological polar surface area (TPSA) is 64.0 Å². The average Bonchev–Trinajstić information content (AvgIpc) is 3.12. The number of benzene rings is 1. The van der Waals surface area contributed by atoms with E-state index in [4.69, 9.17) is 23.2 Å². The zero-order valence-corrected chi connectivity index (χ0v) is 15.4. The van der Waals surface area contributed by atoms with Gasteiger partial charge in [0, 0.05) is 11.1 Å². The van der Waals surface area contributed by atoms with E-state index in [0.29, 0.717) is 21.4 Å². The summed E-state index contributed by atoms with van der Waals surface area (Å²) in [5.74, 6) is -0.415. The summed E-state index contributed by atoms with van der Waals surface area (Å²) in [6.45, 7) is 1.60. The van der Waals surface area contributed by atoms with Gasteiger partial charge in [-0.05, 0) is 42.6 Å². The van der Waals surface area contributed by atoms with E-state index < -0.39 is 11.9 Å². The molecule has 1 unspecified atom stereocenters. The number of carbonyl (C=O) groups is 1. The maximum absolute atomic E-state index is 12.5. The lowest BCUT2D eigenvalue weighted by Crippen LogP contribution is -2.33. The van der Waals surface area contributed by atoms with Gasteiger partial charge < -0.3 is 5.32 Å². The van der Waals surface area contributed by atoms with Crippen LogP contribution < -0.4 is 10.9 Å². The van der Waals surface area contributed by atoms with Gasteiger partial charge in [-0.3, -0.25) is 9.59 Å². The summed E-state index contributed by atoms with van der Waals surface area (Å²) >= 11 is 13.5. The van der Waals surface area contributed by atoms with Crippen molar-refractivity contribution in [2.75, 3.05) is 5.32 Å². The molecule has 25 heavy (non-hydrogen) atoms. The predicted octanol–water partition coefficient (Wildman–Crippen LogP) is 4.48. The van der Waals surface area contributed by atoms with Crippen molar-refractivity contribution >= 4 is 46.1 Å². The summed E-state index contributed by atoms with van der Waals surface area (Å²) in [5, 5.41) is 9.72. The van der Waals surface area contributed by atoms with Crippen LogP contribution in [0.5, 0.6) is 0 Å². The summed E-state index contributed by atoms with van der Waals surface area (Å²) in [7, 11) is 0. The van der Waals surface area contributed by atoms with Gasteiger partial charge in [-0.15, -0.1) is 11.3 Å². The van der Waals surface area contributed by atoms with Crippen LogP contribution in [0.2, 0.25) is 10.0 Å². The third kappa shape index (κ3) is 3.92. The van der Waals surface area contributed by atoms with Crippen molar-refractivity contribution in [2.45, 2.75) is 13.0 Å². The highest BCUT2D eigenvalue weighted by Crippen LogP contribution is 2.26. The summed E-state index contributed by atoms with van der Waals surface area (Å²) in [6.07, 6.45) is 0. The van der Waals surface area contributed by atoms with Crippen molar-refractivity contribution in [3.63, 3.8) is 0 Å². The number of halogens is 2. The van der Waals surface area contributed by atoms with Crippen molar-refractivity contribution < 1.29 is 4.79 Å². The highest BCUT2D eigenvalue weighted by molar-refractivity contribution is 7.13. The Morgan fingerprint density at radius 1 is 1.24 bits per heavy atom. The van der Waals surface area contributed by atoms with Gasteiger partial charge in [0.2, 0.25) is 5.91 Å². The summed E-state index contributed by atoms with van der Waals surface area (Å²) in [4.78, 5) is 25.6. The monoisotopic (exact) mass is 393 g/mol. The van der Waals surface area contributed by atoms with Crippen molar-refractivity contribution in [2.24, 2.45) is 0 Å². The zero-order chi connectivity index (χ0) is 18.0. The molecule has 128 valence electrons. The van der Waals surface area contributed by atoms with Gasteiger partial charge in [-0.2, -0.15) is 5.10 Å². The molecule has 0 spiro atoms. The molecule has 0 aliphatic rings. The van der Waals surface area contributed by atoms with Crippen LogP contribution in [-0.4, -0.2) is 15.7 Å². The van der Waals surface area contributed by atoms with Gasteiger partial charge in [0.05, 0.1) is 15.6 Å². The Morgan fingerprint density at radius 2 is 2.04 bits per heavy atom. The number of amides is 1. The minimum atomic E-state index is -0.817. The number of nitrogens with zero attached hydrogens (tertiary/aromatic N) is 2. The Bertz CT molecular complexity index is 970. The Morgan fingerprint density at radius 3 is 2.76 bits per heavy atom. The van der Waals surface area contributed by atoms with Gasteiger partial charge in [0.25, 0.3) is 5.56 Å². The van der Waals surface area contributed by atoms with Gasteiger partial charge in [-0.1, -0.05) is 29.3 Å². The van der Waals surface area contributed by atoms with Crippen LogP contribution in [0, 0.1) is 0 Å². The molecule has 0 bridgehead atoms. The van der Waals surface area contributed by atoms with E-state index in [0.717, 1.165) is 9.56 Å². The quantitative estimate of drug-likeness (QED) is 0.710. The third-order valence-electron chi connectivity index (χ3n) is 3.53. The minimum absolute atomic E-state index is 0.359. The summed E-state index contributed by atoms with van der Waals surface area (Å²) < 4.78 is 1.16. The molecule has 1 aromatic carbocycles. The van der Waals surface area contributed by atoms with Gasteiger partial charge >= 0.3 is 0 Å². The number of aromatic nitrogens is 2. The molecule has 3 rings (SSSR count). The van der Waals surface area contributed by atoms with Crippen LogP contribution in [0.3, 0.4) is 0 Å². The van der Waals surface area contributed by atoms with E-state index in [-0.39, 0.29) is 5.56 Å². The van der Waals surface area contributed by atoms with E-state index >= 15 is 0 Å². The first kappa shape index (κ1) is 17.7. The molecular weight excluding hydrogens is 381 g/mol. The van der Waals surface area contributed by atoms with Crippen LogP contribution >= 0.6 is 34.5 Å². The molecule has 0 radical (unpaired) electrons. The molecule has 0 saturated heterocycles. The second-order valence-electron chi connectivity index (χ2n) is 5.27. The van der Waals surface area contributed by atoms with Gasteiger partial charge in [-0.25, -0.2) is 4.68 Å². The number of nitrogens with one attached hydrogen (secondary N) is 1. The van der Waals surface area contributed by atoms with Crippen LogP contribution in [0.1, 0.15) is 13.0 Å². The third-order valence-corrected chi connectivity index (χ3v) is 4.99. The van der Waals surface area contributed by atoms with Gasteiger partial charge in [0.1, 0.15) is 11.7 Å². The van der Waals surface area contributed by atoms with Gasteiger partial charge in [0.15, 0.2) is 0 Å². The molecule has 0 saturated carbocycles. The second kappa shape index (κ2) is 7.39. The lowest BCUT2D eigenvalue weighted by atomic mass is 10.2. The van der Waals surface area contributed by atoms with E-state index in [1.807, 2.05) is 17.5 Å². The highest BCUT2D eigenvalue weighted by Gasteiger charge is 2.19. The van der Waals surface area contributed by atoms with Crippen LogP contribution in [0.15, 0.2) is 52.6 Å². The second-order valence-corrected chi connectivity index (χ2v) is 7.06. The molecule has 3 aromatic rings. The van der Waals surface area contributed by atoms with Crippen molar-refractivity contribution in [3.05, 3.63) is 68.2 Å². The van der Waals surface area contributed by atoms with Crippen LogP contribution in [0.25, 0.3) is 10.6 Å². The molecule has 5 nitrogen and oxygen atoms in total. The first-order valence-electron chi connectivity index (χ1n) is 7.35. The smallest absolute Gasteiger partial charge is 0.267 e. The molecule has 2 aromatic heterocycles. The number of carbonyl (C=O) groups excluding carboxylic acids is 1. The molecule has 8 heteroatoms. The number of rotatable bonds is 4. The van der Waals surface area contributed by atoms with E-state index in [9.17, 15) is 9.59 Å². The van der Waals surface area contributed by atoms with Crippen LogP contribution in [0.4, 0.5) is 5.69 Å². The van der Waals surface area contributed by atoms with Crippen molar-refractivity contribution in [3.8, 4) is 10.6 Å². The lowest BCUT2D eigenvalue weighted by molar-refractivity contribution is -0.119. The minimum Gasteiger partial charge on any atom is -0.323 e. The molecule has 1 atom stereocenters. The number of thiophene rings is 1. The Hall–Kier alpha value is -2.15. The molecule has 1 amide bonds. The maximum Gasteiger partial charge on any atom is 0.267 e. The Kier molecular flexibility index (Phi) is 5.22. The first-order valence-corrected chi connectivity index (χ1v) is 8.99. The normalized spacial score (nSPS) is 12.0. The molecule has 1 N–H and O–H groups in total. The molecular formula is C17H13Cl2N3O2S. The fraction of sp³-hybridized carbons (Fsp3) is 0.118. The Labute approximate surface area is 157 Å². The molecule has 0 aliphatic heterocycles. The van der Waals surface area contributed by atoms with Crippen molar-refractivity contribution in [1.29, 1.82) is 0 Å². The standard InChI is InChI=1S/C17H13Cl2N3O2S/c1-10(17(24)20-14-9-11(18)4-5-12(14)19)22-16(23)7-6-13(21-22)15-3-2-8-25-15/h2-10H,1H3,(H,20,24). The number of hydrogen-bond donors (Lipinski definition) is 1. The van der Waals surface area contributed by atoms with E-state index in [2.05, 4.69) is 10.4 Å². The van der Waals surface area contributed by atoms with E-state index in [1.165, 1.54) is 17.4 Å².